The Balaban J connectivity index is 1.52. The van der Waals surface area contributed by atoms with Crippen LogP contribution in [0.2, 0.25) is 0 Å². The van der Waals surface area contributed by atoms with E-state index in [-0.39, 0.29) is 0 Å². The third-order valence-corrected chi connectivity index (χ3v) is 8.67. The molecular weight excluding hydrogens is 398 g/mol. The summed E-state index contributed by atoms with van der Waals surface area (Å²) in [6.07, 6.45) is 8.51. The number of rotatable bonds is 0. The summed E-state index contributed by atoms with van der Waals surface area (Å²) >= 11 is 0. The fourth-order valence-electron chi connectivity index (χ4n) is 6.85. The molecule has 0 atom stereocenters. The molecule has 5 aliphatic rings. The van der Waals surface area contributed by atoms with Crippen molar-refractivity contribution in [1.29, 1.82) is 0 Å². The molecule has 3 aromatic carbocycles. The van der Waals surface area contributed by atoms with Gasteiger partial charge in [0.1, 0.15) is 7.05 Å². The summed E-state index contributed by atoms with van der Waals surface area (Å²) in [7, 11) is 2.19. The molecule has 4 aromatic rings. The first-order valence-electron chi connectivity index (χ1n) is 12.5. The van der Waals surface area contributed by atoms with Crippen LogP contribution >= 0.6 is 0 Å². The molecule has 0 unspecified atom stereocenters. The van der Waals surface area contributed by atoms with Gasteiger partial charge in [0.05, 0.1) is 5.56 Å². The number of benzene rings is 3. The molecule has 1 nitrogen and oxygen atoms in total. The van der Waals surface area contributed by atoms with Crippen molar-refractivity contribution in [3.63, 3.8) is 0 Å². The highest BCUT2D eigenvalue weighted by Crippen LogP contribution is 2.48. The maximum atomic E-state index is 2.43. The van der Waals surface area contributed by atoms with Gasteiger partial charge in [0.25, 0.3) is 0 Å². The standard InChI is InChI=1S/C32H30N/c1-20-6-15-28-27-5-3-4-26-24-13-11-22(12-14-24)21-7-9-23(10-8-21)25-16-17-33(2)31(18-25)32(20)30(28)19-29(26)27/h3-10,15-18,22,24H,11-14,19H2,1-2H3/q+1. The van der Waals surface area contributed by atoms with E-state index in [4.69, 9.17) is 0 Å². The minimum Gasteiger partial charge on any atom is -0.201 e. The summed E-state index contributed by atoms with van der Waals surface area (Å²) in [5.41, 5.74) is 15.9. The van der Waals surface area contributed by atoms with E-state index >= 15 is 0 Å². The van der Waals surface area contributed by atoms with Crippen molar-refractivity contribution < 1.29 is 4.57 Å². The van der Waals surface area contributed by atoms with Crippen molar-refractivity contribution in [2.75, 3.05) is 0 Å². The minimum atomic E-state index is 0.696. The first kappa shape index (κ1) is 19.3. The highest BCUT2D eigenvalue weighted by Gasteiger charge is 2.31. The lowest BCUT2D eigenvalue weighted by atomic mass is 9.74. The number of aromatic nitrogens is 1. The lowest BCUT2D eigenvalue weighted by molar-refractivity contribution is -0.660. The van der Waals surface area contributed by atoms with Crippen LogP contribution in [0.4, 0.5) is 0 Å². The van der Waals surface area contributed by atoms with Gasteiger partial charge in [-0.25, -0.2) is 4.57 Å². The summed E-state index contributed by atoms with van der Waals surface area (Å²) in [6.45, 7) is 2.28. The fraction of sp³-hybridized carbons (Fsp3) is 0.281. The zero-order chi connectivity index (χ0) is 22.1. The Labute approximate surface area is 196 Å². The van der Waals surface area contributed by atoms with E-state index in [0.717, 1.165) is 6.42 Å². The first-order chi connectivity index (χ1) is 16.2. The quantitative estimate of drug-likeness (QED) is 0.225. The molecule has 1 fully saturated rings. The number of fused-ring (bicyclic) bond motifs is 3. The Bertz CT molecular complexity index is 1400. The normalized spacial score (nSPS) is 19.8. The first-order valence-corrected chi connectivity index (χ1v) is 12.5. The minimum absolute atomic E-state index is 0.696. The van der Waals surface area contributed by atoms with Crippen LogP contribution in [0.3, 0.4) is 0 Å². The predicted molar refractivity (Wildman–Crippen MR) is 135 cm³/mol. The molecule has 9 rings (SSSR count). The van der Waals surface area contributed by atoms with Gasteiger partial charge in [-0.05, 0) is 101 Å². The second-order valence-corrected chi connectivity index (χ2v) is 10.4. The van der Waals surface area contributed by atoms with Gasteiger partial charge in [-0.15, -0.1) is 0 Å². The van der Waals surface area contributed by atoms with Crippen molar-refractivity contribution in [3.05, 3.63) is 101 Å². The Morgan fingerprint density at radius 1 is 0.727 bits per heavy atom. The largest absolute Gasteiger partial charge is 0.213 e. The summed E-state index contributed by atoms with van der Waals surface area (Å²) in [5, 5.41) is 0. The van der Waals surface area contributed by atoms with Crippen LogP contribution in [0.15, 0.2) is 72.9 Å². The zero-order valence-corrected chi connectivity index (χ0v) is 19.6. The van der Waals surface area contributed by atoms with Gasteiger partial charge in [-0.3, -0.25) is 0 Å². The third kappa shape index (κ3) is 2.88. The lowest BCUT2D eigenvalue weighted by Gasteiger charge is -2.30. The Kier molecular flexibility index (Phi) is 4.18. The van der Waals surface area contributed by atoms with Gasteiger partial charge < -0.3 is 0 Å². The van der Waals surface area contributed by atoms with Crippen LogP contribution in [0.1, 0.15) is 65.3 Å². The molecule has 0 radical (unpaired) electrons. The monoisotopic (exact) mass is 428 g/mol. The molecule has 1 heteroatoms. The highest BCUT2D eigenvalue weighted by atomic mass is 14.9. The Morgan fingerprint density at radius 2 is 1.48 bits per heavy atom. The van der Waals surface area contributed by atoms with Crippen molar-refractivity contribution in [1.82, 2.24) is 0 Å². The van der Waals surface area contributed by atoms with Gasteiger partial charge in [0.2, 0.25) is 5.69 Å². The number of hydrogen-bond acceptors (Lipinski definition) is 0. The molecule has 0 saturated heterocycles. The van der Waals surface area contributed by atoms with Gasteiger partial charge in [0.15, 0.2) is 6.20 Å². The average Bonchev–Trinajstić information content (AvgIpc) is 3.23. The topological polar surface area (TPSA) is 3.88 Å². The molecular formula is C32H30N+. The average molecular weight is 429 g/mol. The molecule has 8 bridgehead atoms. The van der Waals surface area contributed by atoms with Crippen molar-refractivity contribution in [2.45, 2.75) is 50.9 Å². The zero-order valence-electron chi connectivity index (χ0n) is 19.6. The predicted octanol–water partition coefficient (Wildman–Crippen LogP) is 7.48. The molecule has 33 heavy (non-hydrogen) atoms. The smallest absolute Gasteiger partial charge is 0.201 e. The van der Waals surface area contributed by atoms with E-state index in [1.54, 1.807) is 11.1 Å². The van der Waals surface area contributed by atoms with E-state index in [1.807, 2.05) is 0 Å². The molecule has 0 aliphatic heterocycles. The summed E-state index contributed by atoms with van der Waals surface area (Å²) in [6, 6.07) is 25.9. The lowest BCUT2D eigenvalue weighted by Crippen LogP contribution is -2.31. The molecule has 0 N–H and O–H groups in total. The molecule has 1 saturated carbocycles. The SMILES string of the molecule is Cc1ccc2c3c1-c1cc(cc[n+]1C)-c1ccc(cc1)C1CCC(CC1)c1cccc-2c1C3. The van der Waals surface area contributed by atoms with Crippen LogP contribution < -0.4 is 4.57 Å². The van der Waals surface area contributed by atoms with Crippen molar-refractivity contribution in [3.8, 4) is 33.5 Å². The molecule has 0 amide bonds. The van der Waals surface area contributed by atoms with Gasteiger partial charge in [0, 0.05) is 12.1 Å². The van der Waals surface area contributed by atoms with Crippen molar-refractivity contribution in [2.24, 2.45) is 7.05 Å². The number of aryl methyl sites for hydroxylation is 2. The van der Waals surface area contributed by atoms with Gasteiger partial charge in [-0.2, -0.15) is 0 Å². The Hall–Kier alpha value is -3.19. The van der Waals surface area contributed by atoms with Crippen LogP contribution in [0, 0.1) is 6.92 Å². The van der Waals surface area contributed by atoms with E-state index in [1.165, 1.54) is 75.9 Å². The molecule has 162 valence electrons. The van der Waals surface area contributed by atoms with Crippen LogP contribution in [-0.2, 0) is 13.5 Å². The Morgan fingerprint density at radius 3 is 2.30 bits per heavy atom. The molecule has 1 aromatic heterocycles. The number of nitrogens with zero attached hydrogens (tertiary/aromatic N) is 1. The maximum absolute atomic E-state index is 2.43. The van der Waals surface area contributed by atoms with E-state index in [0.29, 0.717) is 11.8 Å². The van der Waals surface area contributed by atoms with E-state index in [9.17, 15) is 0 Å². The second-order valence-electron chi connectivity index (χ2n) is 10.4. The number of hydrogen-bond donors (Lipinski definition) is 0. The third-order valence-electron chi connectivity index (χ3n) is 8.67. The maximum Gasteiger partial charge on any atom is 0.213 e. The fourth-order valence-corrected chi connectivity index (χ4v) is 6.85. The highest BCUT2D eigenvalue weighted by molar-refractivity contribution is 5.86. The number of pyridine rings is 1. The molecule has 1 heterocycles. The van der Waals surface area contributed by atoms with Crippen LogP contribution in [0.25, 0.3) is 33.5 Å². The van der Waals surface area contributed by atoms with E-state index < -0.39 is 0 Å². The van der Waals surface area contributed by atoms with E-state index in [2.05, 4.69) is 91.5 Å². The summed E-state index contributed by atoms with van der Waals surface area (Å²) in [4.78, 5) is 0. The second kappa shape index (κ2) is 7.15. The van der Waals surface area contributed by atoms with Gasteiger partial charge >= 0.3 is 0 Å². The molecule has 5 aliphatic carbocycles. The molecule has 0 spiro atoms. The summed E-state index contributed by atoms with van der Waals surface area (Å²) < 4.78 is 2.30. The summed E-state index contributed by atoms with van der Waals surface area (Å²) in [5.74, 6) is 1.40. The van der Waals surface area contributed by atoms with Crippen LogP contribution in [-0.4, -0.2) is 0 Å². The van der Waals surface area contributed by atoms with Crippen molar-refractivity contribution >= 4 is 0 Å². The van der Waals surface area contributed by atoms with Crippen LogP contribution in [0.5, 0.6) is 0 Å². The van der Waals surface area contributed by atoms with Gasteiger partial charge in [-0.1, -0.05) is 54.6 Å².